The van der Waals surface area contributed by atoms with Gasteiger partial charge in [0.05, 0.1) is 0 Å². The molecule has 1 fully saturated rings. The van der Waals surface area contributed by atoms with Gasteiger partial charge in [0.25, 0.3) is 0 Å². The van der Waals surface area contributed by atoms with E-state index in [1.54, 1.807) is 5.56 Å². The first kappa shape index (κ1) is 13.6. The Hall–Kier alpha value is -0.820. The molecule has 0 saturated heterocycles. The van der Waals surface area contributed by atoms with Gasteiger partial charge >= 0.3 is 0 Å². The van der Waals surface area contributed by atoms with Crippen LogP contribution in [0.5, 0.6) is 0 Å². The summed E-state index contributed by atoms with van der Waals surface area (Å²) in [5.74, 6) is 0.783. The summed E-state index contributed by atoms with van der Waals surface area (Å²) in [5, 5.41) is 3.68. The Labute approximate surface area is 112 Å². The summed E-state index contributed by atoms with van der Waals surface area (Å²) in [6, 6.07) is 5.48. The highest BCUT2D eigenvalue weighted by Crippen LogP contribution is 2.23. The van der Waals surface area contributed by atoms with Crippen molar-refractivity contribution in [2.45, 2.75) is 59.4 Å². The van der Waals surface area contributed by atoms with Crippen LogP contribution in [-0.2, 0) is 6.42 Å². The van der Waals surface area contributed by atoms with Crippen LogP contribution >= 0.6 is 0 Å². The van der Waals surface area contributed by atoms with Crippen molar-refractivity contribution in [3.63, 3.8) is 0 Å². The van der Waals surface area contributed by atoms with E-state index in [4.69, 9.17) is 0 Å². The molecule has 1 atom stereocenters. The Balaban J connectivity index is 2.01. The predicted octanol–water partition coefficient (Wildman–Crippen LogP) is 3.93. The van der Waals surface area contributed by atoms with Crippen molar-refractivity contribution in [2.75, 3.05) is 6.54 Å². The fourth-order valence-corrected chi connectivity index (χ4v) is 2.80. The van der Waals surface area contributed by atoms with Crippen molar-refractivity contribution in [3.8, 4) is 0 Å². The van der Waals surface area contributed by atoms with Gasteiger partial charge in [0.1, 0.15) is 0 Å². The highest BCUT2D eigenvalue weighted by Gasteiger charge is 2.21. The van der Waals surface area contributed by atoms with Gasteiger partial charge in [0.2, 0.25) is 0 Å². The summed E-state index contributed by atoms with van der Waals surface area (Å²) in [4.78, 5) is 0. The van der Waals surface area contributed by atoms with E-state index >= 15 is 0 Å². The van der Waals surface area contributed by atoms with Crippen LogP contribution < -0.4 is 5.32 Å². The van der Waals surface area contributed by atoms with E-state index in [9.17, 15) is 0 Å². The number of rotatable bonds is 6. The quantitative estimate of drug-likeness (QED) is 0.800. The van der Waals surface area contributed by atoms with Gasteiger partial charge in [-0.25, -0.2) is 0 Å². The van der Waals surface area contributed by atoms with E-state index in [1.165, 1.54) is 48.9 Å². The third-order valence-electron chi connectivity index (χ3n) is 4.18. The maximum absolute atomic E-state index is 3.68. The Bertz CT molecular complexity index is 381. The average Bonchev–Trinajstić information content (AvgIpc) is 3.11. The normalized spacial score (nSPS) is 16.9. The molecule has 1 aliphatic carbocycles. The minimum absolute atomic E-state index is 0.783. The van der Waals surface area contributed by atoms with Gasteiger partial charge in [-0.15, -0.1) is 0 Å². The Morgan fingerprint density at radius 1 is 1.17 bits per heavy atom. The van der Waals surface area contributed by atoms with Crippen LogP contribution in [0.2, 0.25) is 0 Å². The topological polar surface area (TPSA) is 12.0 Å². The molecule has 0 bridgehead atoms. The van der Waals surface area contributed by atoms with Crippen molar-refractivity contribution in [3.05, 3.63) is 34.4 Å². The molecule has 1 unspecified atom stereocenters. The third kappa shape index (κ3) is 3.58. The second kappa shape index (κ2) is 5.88. The molecule has 1 saturated carbocycles. The second-order valence-electron chi connectivity index (χ2n) is 6.04. The minimum Gasteiger partial charge on any atom is -0.314 e. The molecule has 0 radical (unpaired) electrons. The van der Waals surface area contributed by atoms with E-state index in [0.717, 1.165) is 12.0 Å². The first-order chi connectivity index (χ1) is 8.60. The number of nitrogens with one attached hydrogen (secondary N) is 1. The van der Waals surface area contributed by atoms with Crippen molar-refractivity contribution in [1.29, 1.82) is 0 Å². The summed E-state index contributed by atoms with van der Waals surface area (Å²) in [7, 11) is 0. The Kier molecular flexibility index (Phi) is 4.45. The molecule has 0 amide bonds. The Morgan fingerprint density at radius 3 is 2.28 bits per heavy atom. The first-order valence-electron chi connectivity index (χ1n) is 7.40. The SMILES string of the molecule is CCC(CNC1CC1)Cc1c(C)cc(C)cc1C. The Morgan fingerprint density at radius 2 is 1.78 bits per heavy atom. The molecular formula is C17H27N. The average molecular weight is 245 g/mol. The minimum atomic E-state index is 0.783. The van der Waals surface area contributed by atoms with Crippen LogP contribution in [0.4, 0.5) is 0 Å². The fraction of sp³-hybridized carbons (Fsp3) is 0.647. The maximum atomic E-state index is 3.68. The van der Waals surface area contributed by atoms with Gasteiger partial charge in [0, 0.05) is 6.04 Å². The molecule has 0 aromatic heterocycles. The molecule has 100 valence electrons. The molecule has 1 aliphatic rings. The molecule has 1 nitrogen and oxygen atoms in total. The van der Waals surface area contributed by atoms with Gasteiger partial charge in [-0.05, 0) is 69.2 Å². The highest BCUT2D eigenvalue weighted by atomic mass is 14.9. The lowest BCUT2D eigenvalue weighted by Gasteiger charge is -2.19. The molecule has 0 heterocycles. The molecule has 2 rings (SSSR count). The standard InChI is InChI=1S/C17H27N/c1-5-15(11-18-16-6-7-16)10-17-13(3)8-12(2)9-14(17)4/h8-9,15-16,18H,5-7,10-11H2,1-4H3. The van der Waals surface area contributed by atoms with E-state index in [-0.39, 0.29) is 0 Å². The van der Waals surface area contributed by atoms with Gasteiger partial charge in [0.15, 0.2) is 0 Å². The second-order valence-corrected chi connectivity index (χ2v) is 6.04. The highest BCUT2D eigenvalue weighted by molar-refractivity contribution is 5.37. The van der Waals surface area contributed by atoms with Crippen molar-refractivity contribution >= 4 is 0 Å². The molecular weight excluding hydrogens is 218 g/mol. The zero-order valence-corrected chi connectivity index (χ0v) is 12.3. The van der Waals surface area contributed by atoms with Gasteiger partial charge < -0.3 is 5.32 Å². The summed E-state index contributed by atoms with van der Waals surface area (Å²) >= 11 is 0. The molecule has 0 aliphatic heterocycles. The number of hydrogen-bond acceptors (Lipinski definition) is 1. The van der Waals surface area contributed by atoms with Gasteiger partial charge in [-0.2, -0.15) is 0 Å². The third-order valence-corrected chi connectivity index (χ3v) is 4.18. The van der Waals surface area contributed by atoms with Crippen molar-refractivity contribution < 1.29 is 0 Å². The fourth-order valence-electron chi connectivity index (χ4n) is 2.80. The van der Waals surface area contributed by atoms with Crippen LogP contribution in [0, 0.1) is 26.7 Å². The number of hydrogen-bond donors (Lipinski definition) is 1. The van der Waals surface area contributed by atoms with E-state index in [2.05, 4.69) is 45.1 Å². The molecule has 0 spiro atoms. The van der Waals surface area contributed by atoms with Crippen LogP contribution in [-0.4, -0.2) is 12.6 Å². The molecule has 1 aromatic rings. The predicted molar refractivity (Wildman–Crippen MR) is 79.2 cm³/mol. The van der Waals surface area contributed by atoms with Crippen LogP contribution in [0.15, 0.2) is 12.1 Å². The lowest BCUT2D eigenvalue weighted by Crippen LogP contribution is -2.26. The lowest BCUT2D eigenvalue weighted by molar-refractivity contribution is 0.457. The van der Waals surface area contributed by atoms with Crippen LogP contribution in [0.3, 0.4) is 0 Å². The maximum Gasteiger partial charge on any atom is 0.00683 e. The summed E-state index contributed by atoms with van der Waals surface area (Å²) in [6.07, 6.45) is 5.28. The zero-order chi connectivity index (χ0) is 13.1. The van der Waals surface area contributed by atoms with E-state index in [1.807, 2.05) is 0 Å². The van der Waals surface area contributed by atoms with E-state index in [0.29, 0.717) is 0 Å². The molecule has 1 aromatic carbocycles. The summed E-state index contributed by atoms with van der Waals surface area (Å²) < 4.78 is 0. The number of benzene rings is 1. The van der Waals surface area contributed by atoms with Crippen molar-refractivity contribution in [1.82, 2.24) is 5.32 Å². The molecule has 1 heteroatoms. The summed E-state index contributed by atoms with van der Waals surface area (Å²) in [5.41, 5.74) is 5.90. The number of aryl methyl sites for hydroxylation is 3. The van der Waals surface area contributed by atoms with Crippen LogP contribution in [0.1, 0.15) is 48.4 Å². The van der Waals surface area contributed by atoms with Crippen LogP contribution in [0.25, 0.3) is 0 Å². The van der Waals surface area contributed by atoms with Gasteiger partial charge in [-0.1, -0.05) is 31.0 Å². The zero-order valence-electron chi connectivity index (χ0n) is 12.3. The molecule has 1 N–H and O–H groups in total. The lowest BCUT2D eigenvalue weighted by atomic mass is 9.90. The van der Waals surface area contributed by atoms with Gasteiger partial charge in [-0.3, -0.25) is 0 Å². The first-order valence-corrected chi connectivity index (χ1v) is 7.40. The largest absolute Gasteiger partial charge is 0.314 e. The smallest absolute Gasteiger partial charge is 0.00683 e. The monoisotopic (exact) mass is 245 g/mol. The van der Waals surface area contributed by atoms with Crippen molar-refractivity contribution in [2.24, 2.45) is 5.92 Å². The van der Waals surface area contributed by atoms with E-state index < -0.39 is 0 Å². The molecule has 18 heavy (non-hydrogen) atoms. The summed E-state index contributed by atoms with van der Waals surface area (Å²) in [6.45, 7) is 10.2.